The molecule has 0 aliphatic heterocycles. The van der Waals surface area contributed by atoms with Crippen LogP contribution in [0.1, 0.15) is 24.5 Å². The predicted octanol–water partition coefficient (Wildman–Crippen LogP) is 0.988. The average molecular weight is 283 g/mol. The predicted molar refractivity (Wildman–Crippen MR) is 79.0 cm³/mol. The van der Waals surface area contributed by atoms with Crippen LogP contribution in [-0.2, 0) is 13.0 Å². The summed E-state index contributed by atoms with van der Waals surface area (Å²) in [4.78, 5) is 13.3. The summed E-state index contributed by atoms with van der Waals surface area (Å²) in [5, 5.41) is 4.17. The van der Waals surface area contributed by atoms with Gasteiger partial charge < -0.3 is 0 Å². The van der Waals surface area contributed by atoms with Crippen molar-refractivity contribution in [1.29, 1.82) is 0 Å². The third kappa shape index (κ3) is 2.74. The van der Waals surface area contributed by atoms with E-state index in [0.29, 0.717) is 6.42 Å². The molecule has 0 aliphatic carbocycles. The third-order valence-electron chi connectivity index (χ3n) is 3.41. The second-order valence-corrected chi connectivity index (χ2v) is 4.70. The van der Waals surface area contributed by atoms with Gasteiger partial charge in [0, 0.05) is 13.0 Å². The molecular weight excluding hydrogens is 266 g/mol. The van der Waals surface area contributed by atoms with Gasteiger partial charge in [0.2, 0.25) is 0 Å². The summed E-state index contributed by atoms with van der Waals surface area (Å²) in [7, 11) is 0. The number of nitrogens with two attached hydrogens (primary N) is 1. The van der Waals surface area contributed by atoms with Crippen molar-refractivity contribution in [1.82, 2.24) is 30.2 Å². The lowest BCUT2D eigenvalue weighted by molar-refractivity contribution is 0.501. The maximum absolute atomic E-state index is 5.68. The molecule has 3 rings (SSSR count). The Hall–Kier alpha value is -2.38. The SMILES string of the molecule is CCn1ncnc1CC(NN)c1cnc2ccccc2n1. The summed E-state index contributed by atoms with van der Waals surface area (Å²) in [5.74, 6) is 6.55. The minimum absolute atomic E-state index is 0.156. The smallest absolute Gasteiger partial charge is 0.138 e. The summed E-state index contributed by atoms with van der Waals surface area (Å²) < 4.78 is 1.85. The van der Waals surface area contributed by atoms with E-state index in [9.17, 15) is 0 Å². The quantitative estimate of drug-likeness (QED) is 0.535. The first-order valence-electron chi connectivity index (χ1n) is 6.86. The van der Waals surface area contributed by atoms with Crippen LogP contribution in [0.15, 0.2) is 36.8 Å². The van der Waals surface area contributed by atoms with Gasteiger partial charge in [-0.3, -0.25) is 20.9 Å². The first-order chi connectivity index (χ1) is 10.3. The van der Waals surface area contributed by atoms with E-state index in [1.54, 1.807) is 12.5 Å². The van der Waals surface area contributed by atoms with E-state index < -0.39 is 0 Å². The lowest BCUT2D eigenvalue weighted by atomic mass is 10.1. The summed E-state index contributed by atoms with van der Waals surface area (Å²) in [6.45, 7) is 2.80. The second-order valence-electron chi connectivity index (χ2n) is 4.70. The Kier molecular flexibility index (Phi) is 3.85. The molecule has 0 fully saturated rings. The number of nitrogens with zero attached hydrogens (tertiary/aromatic N) is 5. The fourth-order valence-corrected chi connectivity index (χ4v) is 2.28. The van der Waals surface area contributed by atoms with E-state index in [1.807, 2.05) is 35.9 Å². The zero-order chi connectivity index (χ0) is 14.7. The number of hydrogen-bond donors (Lipinski definition) is 2. The molecule has 0 radical (unpaired) electrons. The molecule has 2 aromatic heterocycles. The van der Waals surface area contributed by atoms with Gasteiger partial charge in [-0.2, -0.15) is 5.10 Å². The van der Waals surface area contributed by atoms with Gasteiger partial charge in [0.05, 0.1) is 29.0 Å². The number of benzene rings is 1. The Morgan fingerprint density at radius 1 is 1.24 bits per heavy atom. The van der Waals surface area contributed by atoms with Crippen molar-refractivity contribution in [3.63, 3.8) is 0 Å². The minimum atomic E-state index is -0.156. The van der Waals surface area contributed by atoms with Crippen molar-refractivity contribution >= 4 is 11.0 Å². The molecule has 1 aromatic carbocycles. The largest absolute Gasteiger partial charge is 0.271 e. The summed E-state index contributed by atoms with van der Waals surface area (Å²) in [6, 6.07) is 7.61. The Labute approximate surface area is 122 Å². The number of nitrogens with one attached hydrogen (secondary N) is 1. The molecule has 0 aliphatic rings. The highest BCUT2D eigenvalue weighted by Crippen LogP contribution is 2.17. The molecule has 0 bridgehead atoms. The minimum Gasteiger partial charge on any atom is -0.271 e. The van der Waals surface area contributed by atoms with Gasteiger partial charge in [0.1, 0.15) is 12.2 Å². The van der Waals surface area contributed by atoms with Gasteiger partial charge in [0.25, 0.3) is 0 Å². The van der Waals surface area contributed by atoms with Gasteiger partial charge >= 0.3 is 0 Å². The molecule has 0 saturated heterocycles. The molecule has 1 unspecified atom stereocenters. The maximum atomic E-state index is 5.68. The van der Waals surface area contributed by atoms with Crippen molar-refractivity contribution in [3.8, 4) is 0 Å². The molecule has 0 spiro atoms. The Morgan fingerprint density at radius 2 is 2.05 bits per heavy atom. The molecule has 7 heteroatoms. The highest BCUT2D eigenvalue weighted by molar-refractivity contribution is 5.73. The summed E-state index contributed by atoms with van der Waals surface area (Å²) in [6.07, 6.45) is 3.91. The fraction of sp³-hybridized carbons (Fsp3) is 0.286. The Balaban J connectivity index is 1.90. The Bertz CT molecular complexity index is 737. The first kappa shape index (κ1) is 13.6. The first-order valence-corrected chi connectivity index (χ1v) is 6.86. The van der Waals surface area contributed by atoms with Crippen LogP contribution in [0.5, 0.6) is 0 Å². The van der Waals surface area contributed by atoms with E-state index in [0.717, 1.165) is 29.1 Å². The van der Waals surface area contributed by atoms with Gasteiger partial charge in [0.15, 0.2) is 0 Å². The number of aryl methyl sites for hydroxylation is 1. The standard InChI is InChI=1S/C14H17N7/c1-2-21-14(17-9-18-21)7-12(20-15)13-8-16-10-5-3-4-6-11(10)19-13/h3-6,8-9,12,20H,2,7,15H2,1H3. The molecule has 1 atom stereocenters. The molecule has 21 heavy (non-hydrogen) atoms. The molecule has 3 aromatic rings. The van der Waals surface area contributed by atoms with Crippen molar-refractivity contribution in [2.45, 2.75) is 25.9 Å². The Morgan fingerprint density at radius 3 is 2.81 bits per heavy atom. The van der Waals surface area contributed by atoms with Gasteiger partial charge in [-0.05, 0) is 19.1 Å². The van der Waals surface area contributed by atoms with E-state index in [2.05, 4.69) is 25.5 Å². The molecule has 2 heterocycles. The monoisotopic (exact) mass is 283 g/mol. The lowest BCUT2D eigenvalue weighted by Crippen LogP contribution is -2.31. The summed E-state index contributed by atoms with van der Waals surface area (Å²) in [5.41, 5.74) is 5.31. The van der Waals surface area contributed by atoms with Crippen LogP contribution in [0.25, 0.3) is 11.0 Å². The van der Waals surface area contributed by atoms with E-state index >= 15 is 0 Å². The maximum Gasteiger partial charge on any atom is 0.138 e. The van der Waals surface area contributed by atoms with E-state index in [4.69, 9.17) is 5.84 Å². The third-order valence-corrected chi connectivity index (χ3v) is 3.41. The van der Waals surface area contributed by atoms with Crippen molar-refractivity contribution in [2.75, 3.05) is 0 Å². The van der Waals surface area contributed by atoms with Crippen LogP contribution in [0.2, 0.25) is 0 Å². The van der Waals surface area contributed by atoms with Crippen LogP contribution >= 0.6 is 0 Å². The number of rotatable bonds is 5. The zero-order valence-electron chi connectivity index (χ0n) is 11.8. The van der Waals surface area contributed by atoms with Crippen LogP contribution in [0.3, 0.4) is 0 Å². The number of hydrogen-bond acceptors (Lipinski definition) is 6. The van der Waals surface area contributed by atoms with Gasteiger partial charge in [-0.1, -0.05) is 12.1 Å². The topological polar surface area (TPSA) is 94.5 Å². The molecule has 0 saturated carbocycles. The van der Waals surface area contributed by atoms with Crippen molar-refractivity contribution in [2.24, 2.45) is 5.84 Å². The van der Waals surface area contributed by atoms with Gasteiger partial charge in [-0.15, -0.1) is 0 Å². The summed E-state index contributed by atoms with van der Waals surface area (Å²) >= 11 is 0. The number of hydrazine groups is 1. The molecule has 108 valence electrons. The van der Waals surface area contributed by atoms with Crippen LogP contribution in [0.4, 0.5) is 0 Å². The van der Waals surface area contributed by atoms with Crippen LogP contribution in [0, 0.1) is 0 Å². The van der Waals surface area contributed by atoms with E-state index in [1.165, 1.54) is 0 Å². The molecule has 7 nitrogen and oxygen atoms in total. The normalized spacial score (nSPS) is 12.7. The average Bonchev–Trinajstić information content (AvgIpc) is 2.99. The number of para-hydroxylation sites is 2. The molecule has 3 N–H and O–H groups in total. The van der Waals surface area contributed by atoms with Crippen molar-refractivity contribution in [3.05, 3.63) is 48.3 Å². The molecule has 0 amide bonds. The zero-order valence-corrected chi connectivity index (χ0v) is 11.8. The van der Waals surface area contributed by atoms with Crippen LogP contribution < -0.4 is 11.3 Å². The van der Waals surface area contributed by atoms with Crippen LogP contribution in [-0.4, -0.2) is 24.7 Å². The number of aromatic nitrogens is 5. The van der Waals surface area contributed by atoms with E-state index in [-0.39, 0.29) is 6.04 Å². The van der Waals surface area contributed by atoms with Crippen molar-refractivity contribution < 1.29 is 0 Å². The second kappa shape index (κ2) is 5.94. The highest BCUT2D eigenvalue weighted by atomic mass is 15.3. The highest BCUT2D eigenvalue weighted by Gasteiger charge is 2.16. The van der Waals surface area contributed by atoms with Gasteiger partial charge in [-0.25, -0.2) is 9.97 Å². The fourth-order valence-electron chi connectivity index (χ4n) is 2.28. The lowest BCUT2D eigenvalue weighted by Gasteiger charge is -2.15. The molecular formula is C14H17N7. The number of fused-ring (bicyclic) bond motifs is 1.